The van der Waals surface area contributed by atoms with E-state index < -0.39 is 28.4 Å². The van der Waals surface area contributed by atoms with Crippen LogP contribution in [0.1, 0.15) is 5.56 Å². The van der Waals surface area contributed by atoms with E-state index in [1.807, 2.05) is 30.3 Å². The number of hydrogen-bond donors (Lipinski definition) is 3. The van der Waals surface area contributed by atoms with Gasteiger partial charge in [0.1, 0.15) is 11.4 Å². The summed E-state index contributed by atoms with van der Waals surface area (Å²) in [6.07, 6.45) is 0.513. The average Bonchev–Trinajstić information content (AvgIpc) is 3.15. The zero-order valence-corrected chi connectivity index (χ0v) is 13.2. The maximum atomic E-state index is 12.2. The van der Waals surface area contributed by atoms with Crippen LogP contribution in [-0.2, 0) is 11.3 Å². The third-order valence-corrected chi connectivity index (χ3v) is 4.09. The molecule has 1 fully saturated rings. The number of aromatic nitrogens is 2. The van der Waals surface area contributed by atoms with Crippen molar-refractivity contribution in [1.82, 2.24) is 20.6 Å². The molecule has 24 heavy (non-hydrogen) atoms. The van der Waals surface area contributed by atoms with Gasteiger partial charge in [-0.2, -0.15) is 10.5 Å². The fraction of sp³-hybridized carbons (Fsp3) is 0.286. The standard InChI is InChI=1S/C14H15ClN6O3/c15-11-12(17-18-13(11)21(23)24)14(22)16-10-6-7-20(19-10)8-9-4-2-1-3-5-9/h1-7,11-13,17-18H,8H2,(H,16,19,22). The van der Waals surface area contributed by atoms with Gasteiger partial charge in [-0.25, -0.2) is 5.43 Å². The van der Waals surface area contributed by atoms with E-state index in [4.69, 9.17) is 11.6 Å². The summed E-state index contributed by atoms with van der Waals surface area (Å²) < 4.78 is 1.68. The van der Waals surface area contributed by atoms with Crippen LogP contribution in [0.2, 0.25) is 0 Å². The van der Waals surface area contributed by atoms with Gasteiger partial charge >= 0.3 is 0 Å². The summed E-state index contributed by atoms with van der Waals surface area (Å²) in [5, 5.41) is 16.6. The summed E-state index contributed by atoms with van der Waals surface area (Å²) in [7, 11) is 0. The second-order valence-electron chi connectivity index (χ2n) is 5.31. The number of carbonyl (C=O) groups is 1. The largest absolute Gasteiger partial charge is 0.308 e. The number of alkyl halides is 1. The van der Waals surface area contributed by atoms with Crippen LogP contribution in [0.5, 0.6) is 0 Å². The predicted molar refractivity (Wildman–Crippen MR) is 86.9 cm³/mol. The smallest absolute Gasteiger partial charge is 0.296 e. The fourth-order valence-electron chi connectivity index (χ4n) is 2.39. The Kier molecular flexibility index (Phi) is 4.74. The quantitative estimate of drug-likeness (QED) is 0.412. The summed E-state index contributed by atoms with van der Waals surface area (Å²) in [4.78, 5) is 22.4. The number of rotatable bonds is 5. The molecule has 2 heterocycles. The van der Waals surface area contributed by atoms with Crippen LogP contribution in [0, 0.1) is 10.1 Å². The van der Waals surface area contributed by atoms with Crippen molar-refractivity contribution in [3.05, 3.63) is 58.3 Å². The van der Waals surface area contributed by atoms with Gasteiger partial charge in [-0.3, -0.25) is 19.6 Å². The van der Waals surface area contributed by atoms with E-state index in [2.05, 4.69) is 21.3 Å². The number of nitrogens with zero attached hydrogens (tertiary/aromatic N) is 3. The van der Waals surface area contributed by atoms with Crippen LogP contribution in [-0.4, -0.2) is 38.2 Å². The van der Waals surface area contributed by atoms with Crippen molar-refractivity contribution < 1.29 is 9.72 Å². The van der Waals surface area contributed by atoms with Crippen molar-refractivity contribution in [2.45, 2.75) is 24.1 Å². The Labute approximate surface area is 142 Å². The number of amides is 1. The predicted octanol–water partition coefficient (Wildman–Crippen LogP) is 0.557. The zero-order chi connectivity index (χ0) is 17.1. The Hall–Kier alpha value is -2.49. The molecule has 2 aromatic rings. The lowest BCUT2D eigenvalue weighted by Crippen LogP contribution is -2.42. The maximum Gasteiger partial charge on any atom is 0.296 e. The molecule has 0 bridgehead atoms. The van der Waals surface area contributed by atoms with Crippen molar-refractivity contribution in [1.29, 1.82) is 0 Å². The molecule has 9 nitrogen and oxygen atoms in total. The Morgan fingerprint density at radius 3 is 2.75 bits per heavy atom. The highest BCUT2D eigenvalue weighted by atomic mass is 35.5. The molecule has 0 radical (unpaired) electrons. The molecule has 3 N–H and O–H groups in total. The number of hydrogen-bond acceptors (Lipinski definition) is 6. The number of benzene rings is 1. The zero-order valence-electron chi connectivity index (χ0n) is 12.4. The lowest BCUT2D eigenvalue weighted by atomic mass is 10.2. The van der Waals surface area contributed by atoms with Crippen LogP contribution in [0.4, 0.5) is 5.82 Å². The fourth-order valence-corrected chi connectivity index (χ4v) is 2.72. The molecular weight excluding hydrogens is 336 g/mol. The first-order chi connectivity index (χ1) is 11.5. The summed E-state index contributed by atoms with van der Waals surface area (Å²) in [6, 6.07) is 10.5. The number of halogens is 1. The molecule has 3 atom stereocenters. The van der Waals surface area contributed by atoms with Crippen molar-refractivity contribution in [3.8, 4) is 0 Å². The molecular formula is C14H15ClN6O3. The number of carbonyl (C=O) groups excluding carboxylic acids is 1. The van der Waals surface area contributed by atoms with Gasteiger partial charge in [0, 0.05) is 17.2 Å². The van der Waals surface area contributed by atoms with Gasteiger partial charge in [0.05, 0.1) is 6.54 Å². The average molecular weight is 351 g/mol. The monoisotopic (exact) mass is 350 g/mol. The number of hydrazine groups is 1. The molecule has 1 aliphatic heterocycles. The maximum absolute atomic E-state index is 12.2. The third-order valence-electron chi connectivity index (χ3n) is 3.60. The highest BCUT2D eigenvalue weighted by Gasteiger charge is 2.46. The Morgan fingerprint density at radius 1 is 1.33 bits per heavy atom. The summed E-state index contributed by atoms with van der Waals surface area (Å²) >= 11 is 5.96. The minimum absolute atomic E-state index is 0.353. The SMILES string of the molecule is O=C(Nc1ccn(Cc2ccccc2)n1)C1NNC([N+](=O)[O-])C1Cl. The van der Waals surface area contributed by atoms with E-state index >= 15 is 0 Å². The highest BCUT2D eigenvalue weighted by Crippen LogP contribution is 2.16. The molecule has 126 valence electrons. The van der Waals surface area contributed by atoms with E-state index in [-0.39, 0.29) is 0 Å². The topological polar surface area (TPSA) is 114 Å². The minimum Gasteiger partial charge on any atom is -0.308 e. The first-order valence-corrected chi connectivity index (χ1v) is 7.65. The van der Waals surface area contributed by atoms with Gasteiger partial charge in [-0.15, -0.1) is 11.6 Å². The molecule has 1 aromatic carbocycles. The van der Waals surface area contributed by atoms with E-state index in [0.29, 0.717) is 12.4 Å². The second-order valence-corrected chi connectivity index (χ2v) is 5.82. The molecule has 1 saturated heterocycles. The molecule has 0 saturated carbocycles. The van der Waals surface area contributed by atoms with Gasteiger partial charge in [0.2, 0.25) is 5.91 Å². The van der Waals surface area contributed by atoms with Crippen molar-refractivity contribution in [3.63, 3.8) is 0 Å². The molecule has 1 amide bonds. The van der Waals surface area contributed by atoms with Crippen molar-refractivity contribution in [2.75, 3.05) is 5.32 Å². The minimum atomic E-state index is -1.22. The summed E-state index contributed by atoms with van der Waals surface area (Å²) in [6.45, 7) is 0.571. The number of nitrogens with one attached hydrogen (secondary N) is 3. The second kappa shape index (κ2) is 6.95. The molecule has 3 rings (SSSR count). The van der Waals surface area contributed by atoms with E-state index in [1.54, 1.807) is 16.9 Å². The number of nitro groups is 1. The van der Waals surface area contributed by atoms with Gasteiger partial charge < -0.3 is 5.32 Å². The van der Waals surface area contributed by atoms with Gasteiger partial charge in [0.25, 0.3) is 6.17 Å². The third kappa shape index (κ3) is 3.53. The van der Waals surface area contributed by atoms with Crippen molar-refractivity contribution >= 4 is 23.3 Å². The van der Waals surface area contributed by atoms with Crippen LogP contribution in [0.3, 0.4) is 0 Å². The molecule has 3 unspecified atom stereocenters. The van der Waals surface area contributed by atoms with E-state index in [1.165, 1.54) is 0 Å². The first kappa shape index (κ1) is 16.4. The molecule has 1 aromatic heterocycles. The van der Waals surface area contributed by atoms with E-state index in [9.17, 15) is 14.9 Å². The molecule has 10 heteroatoms. The van der Waals surface area contributed by atoms with Gasteiger partial charge in [-0.05, 0) is 5.56 Å². The lowest BCUT2D eigenvalue weighted by molar-refractivity contribution is -0.525. The lowest BCUT2D eigenvalue weighted by Gasteiger charge is -2.11. The molecule has 0 aliphatic carbocycles. The first-order valence-electron chi connectivity index (χ1n) is 7.21. The molecule has 0 spiro atoms. The summed E-state index contributed by atoms with van der Waals surface area (Å²) in [5.74, 6) is -0.136. The van der Waals surface area contributed by atoms with Crippen LogP contribution in [0.15, 0.2) is 42.6 Å². The summed E-state index contributed by atoms with van der Waals surface area (Å²) in [5.41, 5.74) is 6.01. The van der Waals surface area contributed by atoms with Gasteiger partial charge in [-0.1, -0.05) is 30.3 Å². The normalized spacial score (nSPS) is 23.1. The van der Waals surface area contributed by atoms with Crippen LogP contribution < -0.4 is 16.2 Å². The van der Waals surface area contributed by atoms with E-state index in [0.717, 1.165) is 5.56 Å². The Bertz CT molecular complexity index is 737. The number of anilines is 1. The van der Waals surface area contributed by atoms with Gasteiger partial charge in [0.15, 0.2) is 5.82 Å². The molecule has 1 aliphatic rings. The Balaban J connectivity index is 1.60. The van der Waals surface area contributed by atoms with Crippen LogP contribution >= 0.6 is 11.6 Å². The van der Waals surface area contributed by atoms with Crippen molar-refractivity contribution in [2.24, 2.45) is 0 Å². The highest BCUT2D eigenvalue weighted by molar-refractivity contribution is 6.23. The Morgan fingerprint density at radius 2 is 2.08 bits per heavy atom. The van der Waals surface area contributed by atoms with Crippen LogP contribution in [0.25, 0.3) is 0 Å².